The van der Waals surface area contributed by atoms with Crippen LogP contribution < -0.4 is 0 Å². The average molecular weight is 385 g/mol. The maximum absolute atomic E-state index is 11.0. The number of aliphatic carboxylic acids is 3. The van der Waals surface area contributed by atoms with Gasteiger partial charge in [0.2, 0.25) is 11.6 Å². The number of hydrogen-bond donors (Lipinski definition) is 4. The Morgan fingerprint density at radius 2 is 1.37 bits per heavy atom. The van der Waals surface area contributed by atoms with Gasteiger partial charge in [-0.05, 0) is 11.6 Å². The molecular formula is C16H19NO10. The summed E-state index contributed by atoms with van der Waals surface area (Å²) in [5.41, 5.74) is 1.63. The van der Waals surface area contributed by atoms with Crippen molar-refractivity contribution in [3.63, 3.8) is 0 Å². The summed E-state index contributed by atoms with van der Waals surface area (Å²) in [5.74, 6) is -6.00. The molecule has 1 heterocycles. The van der Waals surface area contributed by atoms with E-state index < -0.39 is 42.3 Å². The highest BCUT2D eigenvalue weighted by Crippen LogP contribution is 2.18. The van der Waals surface area contributed by atoms with Gasteiger partial charge in [-0.15, -0.1) is 0 Å². The van der Waals surface area contributed by atoms with E-state index in [9.17, 15) is 24.0 Å². The number of hydrogen-bond acceptors (Lipinski definition) is 5. The molecule has 0 aliphatic rings. The Hall–Kier alpha value is -3.57. The van der Waals surface area contributed by atoms with E-state index in [0.29, 0.717) is 0 Å². The number of aromatic nitrogens is 1. The molecule has 0 atom stereocenters. The van der Waals surface area contributed by atoms with Crippen LogP contribution in [0.1, 0.15) is 18.4 Å². The number of ketones is 2. The maximum atomic E-state index is 11.0. The minimum absolute atomic E-state index is 0. The Kier molecular flexibility index (Phi) is 11.3. The lowest BCUT2D eigenvalue weighted by Crippen LogP contribution is -2.14. The highest BCUT2D eigenvalue weighted by atomic mass is 16.4. The lowest BCUT2D eigenvalue weighted by molar-refractivity contribution is -0.149. The molecule has 1 aromatic carbocycles. The number of benzene rings is 1. The first-order chi connectivity index (χ1) is 11.7. The molecule has 2 aromatic rings. The van der Waals surface area contributed by atoms with Gasteiger partial charge in [0.1, 0.15) is 0 Å². The number of rotatable bonds is 7. The first-order valence-corrected chi connectivity index (χ1v) is 7.01. The fraction of sp³-hybridized carbons (Fsp3) is 0.188. The number of carboxylic acids is 3. The number of carbonyl (C=O) groups is 5. The Labute approximate surface area is 151 Å². The second kappa shape index (κ2) is 11.9. The van der Waals surface area contributed by atoms with E-state index in [-0.39, 0.29) is 17.4 Å². The molecule has 0 amide bonds. The minimum Gasteiger partial charge on any atom is -0.481 e. The van der Waals surface area contributed by atoms with Crippen LogP contribution in [0.15, 0.2) is 30.5 Å². The molecule has 2 rings (SSSR count). The molecule has 0 aliphatic carbocycles. The van der Waals surface area contributed by atoms with E-state index in [1.54, 1.807) is 6.20 Å². The second-order valence-corrected chi connectivity index (χ2v) is 4.89. The third kappa shape index (κ3) is 8.38. The second-order valence-electron chi connectivity index (χ2n) is 4.89. The summed E-state index contributed by atoms with van der Waals surface area (Å²) in [6, 6.07) is 7.47. The number of fused-ring (bicyclic) bond motifs is 1. The van der Waals surface area contributed by atoms with Gasteiger partial charge in [-0.25, -0.2) is 9.59 Å². The Morgan fingerprint density at radius 1 is 0.815 bits per heavy atom. The molecule has 0 saturated heterocycles. The molecule has 0 unspecified atom stereocenters. The Bertz CT molecular complexity index is 823. The predicted octanol–water partition coefficient (Wildman–Crippen LogP) is -0.780. The fourth-order valence-electron chi connectivity index (χ4n) is 1.85. The quantitative estimate of drug-likeness (QED) is 0.441. The van der Waals surface area contributed by atoms with Crippen LogP contribution in [0, 0.1) is 0 Å². The summed E-state index contributed by atoms with van der Waals surface area (Å²) >= 11 is 0. The summed E-state index contributed by atoms with van der Waals surface area (Å²) < 4.78 is 0. The van der Waals surface area contributed by atoms with Gasteiger partial charge in [-0.3, -0.25) is 14.4 Å². The molecular weight excluding hydrogens is 366 g/mol. The van der Waals surface area contributed by atoms with Crippen LogP contribution in [0.4, 0.5) is 0 Å². The largest absolute Gasteiger partial charge is 0.481 e. The third-order valence-electron chi connectivity index (χ3n) is 3.07. The van der Waals surface area contributed by atoms with Crippen molar-refractivity contribution in [2.75, 3.05) is 0 Å². The van der Waals surface area contributed by atoms with Gasteiger partial charge in [0, 0.05) is 29.9 Å². The zero-order valence-corrected chi connectivity index (χ0v) is 13.9. The molecule has 8 N–H and O–H groups in total. The Balaban J connectivity index is 0. The summed E-state index contributed by atoms with van der Waals surface area (Å²) in [4.78, 5) is 54.2. The highest BCUT2D eigenvalue weighted by Gasteiger charge is 2.14. The molecule has 0 fully saturated rings. The minimum atomic E-state index is -1.58. The monoisotopic (exact) mass is 385 g/mol. The van der Waals surface area contributed by atoms with Crippen LogP contribution in [0.3, 0.4) is 0 Å². The molecule has 0 saturated carbocycles. The number of H-pyrrole nitrogens is 1. The van der Waals surface area contributed by atoms with Crippen LogP contribution in [0.25, 0.3) is 10.9 Å². The van der Waals surface area contributed by atoms with Gasteiger partial charge in [0.25, 0.3) is 0 Å². The van der Waals surface area contributed by atoms with Crippen molar-refractivity contribution in [1.29, 1.82) is 0 Å². The third-order valence-corrected chi connectivity index (χ3v) is 3.07. The normalized spacial score (nSPS) is 9.04. The van der Waals surface area contributed by atoms with Gasteiger partial charge in [-0.1, -0.05) is 18.2 Å². The predicted molar refractivity (Wildman–Crippen MR) is 91.4 cm³/mol. The molecule has 0 spiro atoms. The lowest BCUT2D eigenvalue weighted by atomic mass is 10.1. The van der Waals surface area contributed by atoms with Gasteiger partial charge in [-0.2, -0.15) is 0 Å². The SMILES string of the molecule is O.O.O=C(O)C(=O)Cc1c[nH]c2ccccc12.O=C(O)CCC(=O)C(=O)O. The summed E-state index contributed by atoms with van der Waals surface area (Å²) in [5, 5.41) is 25.3. The van der Waals surface area contributed by atoms with Crippen molar-refractivity contribution in [2.45, 2.75) is 19.3 Å². The summed E-state index contributed by atoms with van der Waals surface area (Å²) in [7, 11) is 0. The smallest absolute Gasteiger partial charge is 0.372 e. The molecule has 11 heteroatoms. The molecule has 0 aliphatic heterocycles. The topological polar surface area (TPSA) is 225 Å². The first-order valence-electron chi connectivity index (χ1n) is 7.01. The van der Waals surface area contributed by atoms with Crippen LogP contribution in [0.5, 0.6) is 0 Å². The molecule has 27 heavy (non-hydrogen) atoms. The zero-order chi connectivity index (χ0) is 19.0. The van der Waals surface area contributed by atoms with Gasteiger partial charge in [0.05, 0.1) is 6.42 Å². The number of aromatic amines is 1. The zero-order valence-electron chi connectivity index (χ0n) is 13.9. The van der Waals surface area contributed by atoms with Crippen LogP contribution in [-0.2, 0) is 30.4 Å². The molecule has 11 nitrogen and oxygen atoms in total. The van der Waals surface area contributed by atoms with E-state index in [0.717, 1.165) is 16.5 Å². The number of carboxylic acid groups (broad SMARTS) is 3. The molecule has 1 aromatic heterocycles. The summed E-state index contributed by atoms with van der Waals surface area (Å²) in [6.45, 7) is 0. The van der Waals surface area contributed by atoms with E-state index in [2.05, 4.69) is 4.98 Å². The number of carbonyl (C=O) groups excluding carboxylic acids is 2. The first kappa shape index (κ1) is 25.7. The van der Waals surface area contributed by atoms with Crippen molar-refractivity contribution in [3.8, 4) is 0 Å². The van der Waals surface area contributed by atoms with Crippen molar-refractivity contribution in [3.05, 3.63) is 36.0 Å². The summed E-state index contributed by atoms with van der Waals surface area (Å²) in [6.07, 6.45) is 0.737. The van der Waals surface area contributed by atoms with Crippen LogP contribution in [-0.4, -0.2) is 60.7 Å². The Morgan fingerprint density at radius 3 is 1.89 bits per heavy atom. The van der Waals surface area contributed by atoms with E-state index in [1.165, 1.54) is 0 Å². The highest BCUT2D eigenvalue weighted by molar-refractivity contribution is 6.33. The van der Waals surface area contributed by atoms with Gasteiger partial charge in [0.15, 0.2) is 0 Å². The van der Waals surface area contributed by atoms with Crippen LogP contribution in [0.2, 0.25) is 0 Å². The number of Topliss-reactive ketones (excluding diaryl/α,β-unsaturated/α-hetero) is 2. The number of para-hydroxylation sites is 1. The number of nitrogens with one attached hydrogen (secondary N) is 1. The fourth-order valence-corrected chi connectivity index (χ4v) is 1.85. The van der Waals surface area contributed by atoms with Gasteiger partial charge >= 0.3 is 17.9 Å². The standard InChI is InChI=1S/C11H9NO3.C5H6O5.2H2O/c13-10(11(14)15)5-7-6-12-9-4-2-1-3-8(7)9;6-3(5(9)10)1-2-4(7)8;;/h1-4,6,12H,5H2,(H,14,15);1-2H2,(H,7,8)(H,9,10);2*1H2. The maximum Gasteiger partial charge on any atom is 0.372 e. The van der Waals surface area contributed by atoms with Crippen molar-refractivity contribution in [1.82, 2.24) is 4.98 Å². The van der Waals surface area contributed by atoms with E-state index >= 15 is 0 Å². The van der Waals surface area contributed by atoms with Gasteiger partial charge < -0.3 is 31.3 Å². The van der Waals surface area contributed by atoms with Crippen LogP contribution >= 0.6 is 0 Å². The van der Waals surface area contributed by atoms with E-state index in [4.69, 9.17) is 15.3 Å². The molecule has 148 valence electrons. The van der Waals surface area contributed by atoms with Crippen molar-refractivity contribution < 1.29 is 50.2 Å². The molecule has 0 radical (unpaired) electrons. The van der Waals surface area contributed by atoms with E-state index in [1.807, 2.05) is 24.3 Å². The van der Waals surface area contributed by atoms with Crippen molar-refractivity contribution >= 4 is 40.4 Å². The molecule has 0 bridgehead atoms. The average Bonchev–Trinajstić information content (AvgIpc) is 2.96. The van der Waals surface area contributed by atoms with Crippen molar-refractivity contribution in [2.24, 2.45) is 0 Å². The lowest BCUT2D eigenvalue weighted by Gasteiger charge is -1.94.